The molecule has 0 fully saturated rings. The Morgan fingerprint density at radius 2 is 1.78 bits per heavy atom. The number of aromatic nitrogens is 3. The molecule has 0 radical (unpaired) electrons. The highest BCUT2D eigenvalue weighted by Gasteiger charge is 2.19. The lowest BCUT2D eigenvalue weighted by molar-refractivity contribution is -0.115. The zero-order chi connectivity index (χ0) is 31.0. The van der Waals surface area contributed by atoms with Crippen LogP contribution in [0.1, 0.15) is 18.1 Å². The Morgan fingerprint density at radius 1 is 1.00 bits per heavy atom. The summed E-state index contributed by atoms with van der Waals surface area (Å²) in [5.41, 5.74) is 4.87. The van der Waals surface area contributed by atoms with Gasteiger partial charge in [0, 0.05) is 36.1 Å². The van der Waals surface area contributed by atoms with Gasteiger partial charge in [0.1, 0.15) is 17.6 Å². The molecule has 8 nitrogen and oxygen atoms in total. The van der Waals surface area contributed by atoms with Crippen molar-refractivity contribution in [2.45, 2.75) is 25.8 Å². The third kappa shape index (κ3) is 7.55. The number of ether oxygens (including phenoxy) is 1. The van der Waals surface area contributed by atoms with Crippen LogP contribution in [0.25, 0.3) is 11.0 Å². The number of allylic oxidation sites excluding steroid dienone is 1. The number of halogens is 1. The average molecular weight is 635 g/mol. The lowest BCUT2D eigenvalue weighted by atomic mass is 10.2. The van der Waals surface area contributed by atoms with Crippen molar-refractivity contribution in [3.05, 3.63) is 126 Å². The number of amides is 1. The van der Waals surface area contributed by atoms with Crippen LogP contribution in [-0.4, -0.2) is 36.7 Å². The molecule has 0 spiro atoms. The van der Waals surface area contributed by atoms with Crippen molar-refractivity contribution in [2.75, 3.05) is 11.9 Å². The largest absolute Gasteiger partial charge is 0.454 e. The van der Waals surface area contributed by atoms with Crippen LogP contribution in [0, 0.1) is 11.8 Å². The Kier molecular flexibility index (Phi) is 9.44. The number of hydrogen-bond donors (Lipinski definition) is 2. The summed E-state index contributed by atoms with van der Waals surface area (Å²) in [6.45, 7) is 3.37. The van der Waals surface area contributed by atoms with Crippen LogP contribution in [0.3, 0.4) is 0 Å². The summed E-state index contributed by atoms with van der Waals surface area (Å²) < 4.78 is 10.7. The summed E-state index contributed by atoms with van der Waals surface area (Å²) in [4.78, 5) is 20.6. The number of carbonyl (C=O) groups excluding carboxylic acids is 1. The Labute approximate surface area is 269 Å². The minimum absolute atomic E-state index is 0.187. The summed E-state index contributed by atoms with van der Waals surface area (Å²) in [5.74, 6) is 7.63. The average Bonchev–Trinajstić information content (AvgIpc) is 3.63. The van der Waals surface area contributed by atoms with Gasteiger partial charge in [0.25, 0.3) is 5.91 Å². The van der Waals surface area contributed by atoms with E-state index in [4.69, 9.17) is 16.3 Å². The van der Waals surface area contributed by atoms with Crippen molar-refractivity contribution in [3.8, 4) is 17.6 Å². The van der Waals surface area contributed by atoms with Crippen LogP contribution in [0.2, 0.25) is 5.02 Å². The predicted octanol–water partition coefficient (Wildman–Crippen LogP) is 6.89. The van der Waals surface area contributed by atoms with Crippen molar-refractivity contribution >= 4 is 56.1 Å². The quantitative estimate of drug-likeness (QED) is 0.122. The minimum Gasteiger partial charge on any atom is -0.454 e. The normalized spacial score (nSPS) is 13.9. The smallest absolute Gasteiger partial charge is 0.295 e. The monoisotopic (exact) mass is 634 g/mol. The van der Waals surface area contributed by atoms with Crippen LogP contribution in [0.15, 0.2) is 109 Å². The van der Waals surface area contributed by atoms with Gasteiger partial charge in [0.05, 0.1) is 23.3 Å². The van der Waals surface area contributed by atoms with E-state index in [1.807, 2.05) is 47.2 Å². The molecule has 3 heterocycles. The van der Waals surface area contributed by atoms with Crippen LogP contribution < -0.4 is 15.4 Å². The van der Waals surface area contributed by atoms with Gasteiger partial charge in [-0.3, -0.25) is 4.79 Å². The molecule has 2 N–H and O–H groups in total. The van der Waals surface area contributed by atoms with Crippen molar-refractivity contribution in [1.82, 2.24) is 24.2 Å². The predicted molar refractivity (Wildman–Crippen MR) is 183 cm³/mol. The zero-order valence-electron chi connectivity index (χ0n) is 24.6. The summed E-state index contributed by atoms with van der Waals surface area (Å²) in [7, 11) is -0.187. The highest BCUT2D eigenvalue weighted by molar-refractivity contribution is 8.12. The molecular formula is C35H31ClN6O2S. The molecule has 2 aromatic heterocycles. The first kappa shape index (κ1) is 30.0. The molecule has 10 heteroatoms. The zero-order valence-corrected chi connectivity index (χ0v) is 26.2. The molecule has 1 amide bonds. The Hall–Kier alpha value is -5.04. The first-order chi connectivity index (χ1) is 22.1. The minimum atomic E-state index is -0.303. The summed E-state index contributed by atoms with van der Waals surface area (Å²) in [6, 6.07) is 28.5. The molecule has 6 rings (SSSR count). The van der Waals surface area contributed by atoms with Gasteiger partial charge in [-0.1, -0.05) is 88.9 Å². The lowest BCUT2D eigenvalue weighted by Gasteiger charge is -2.21. The fraction of sp³-hybridized carbons (Fsp3) is 0.143. The molecular weight excluding hydrogens is 604 g/mol. The van der Waals surface area contributed by atoms with E-state index < -0.39 is 0 Å². The van der Waals surface area contributed by atoms with E-state index in [1.54, 1.807) is 6.92 Å². The van der Waals surface area contributed by atoms with Crippen molar-refractivity contribution in [3.63, 3.8) is 0 Å². The van der Waals surface area contributed by atoms with E-state index in [0.29, 0.717) is 29.7 Å². The number of nitrogens with one attached hydrogen (secondary N) is 2. The number of anilines is 2. The third-order valence-corrected chi connectivity index (χ3v) is 9.28. The maximum absolute atomic E-state index is 11.7. The van der Waals surface area contributed by atoms with Crippen LogP contribution in [0.4, 0.5) is 11.5 Å². The maximum Gasteiger partial charge on any atom is 0.295 e. The van der Waals surface area contributed by atoms with Gasteiger partial charge in [0.15, 0.2) is 11.6 Å². The second kappa shape index (κ2) is 14.2. The van der Waals surface area contributed by atoms with E-state index in [-0.39, 0.29) is 16.6 Å². The highest BCUT2D eigenvalue weighted by atomic mass is 35.5. The molecule has 0 aliphatic carbocycles. The number of rotatable bonds is 11. The molecule has 0 bridgehead atoms. The Morgan fingerprint density at radius 3 is 2.53 bits per heavy atom. The molecule has 45 heavy (non-hydrogen) atoms. The number of hydrogen-bond acceptors (Lipinski definition) is 6. The molecule has 1 aliphatic heterocycles. The van der Waals surface area contributed by atoms with Gasteiger partial charge in [-0.15, -0.1) is 0 Å². The van der Waals surface area contributed by atoms with E-state index in [9.17, 15) is 4.79 Å². The number of fused-ring (bicyclic) bond motifs is 1. The van der Waals surface area contributed by atoms with Gasteiger partial charge in [-0.2, -0.15) is 0 Å². The molecule has 1 aliphatic rings. The molecule has 0 saturated carbocycles. The van der Waals surface area contributed by atoms with Crippen molar-refractivity contribution in [2.24, 2.45) is 0 Å². The van der Waals surface area contributed by atoms with Crippen LogP contribution in [-0.2, 0) is 23.6 Å². The lowest BCUT2D eigenvalue weighted by Crippen LogP contribution is -2.25. The first-order valence-electron chi connectivity index (χ1n) is 14.4. The van der Waals surface area contributed by atoms with E-state index >= 15 is 0 Å². The molecule has 1 unspecified atom stereocenters. The summed E-state index contributed by atoms with van der Waals surface area (Å²) >= 11 is 6.75. The third-order valence-electron chi connectivity index (χ3n) is 7.01. The molecule has 1 atom stereocenters. The standard InChI is InChI=1S/C35H31ClN6O2S/c1-2-9-33(43)37-17-19-41-18-16-31-34(41)35(39-25-38-31)40-28-14-15-32(30(36)20-28)44-29-22-42(21-26-10-5-3-6-11-26)45(24-29)23-27-12-7-4-8-13-27/h3-8,10-16,18,20,22,24-25H,17,19,21,23H2,1H3,(H,37,43)(H,38,39,40). The fourth-order valence-corrected chi connectivity index (χ4v) is 7.01. The molecule has 226 valence electrons. The Bertz CT molecular complexity index is 1950. The number of benzene rings is 3. The number of nitrogens with zero attached hydrogens (tertiary/aromatic N) is 4. The maximum atomic E-state index is 11.7. The van der Waals surface area contributed by atoms with E-state index in [1.165, 1.54) is 17.5 Å². The van der Waals surface area contributed by atoms with Crippen LogP contribution in [0.5, 0.6) is 5.75 Å². The van der Waals surface area contributed by atoms with Gasteiger partial charge in [-0.25, -0.2) is 9.97 Å². The molecule has 0 saturated heterocycles. The second-order valence-electron chi connectivity index (χ2n) is 10.2. The van der Waals surface area contributed by atoms with Crippen LogP contribution >= 0.6 is 22.3 Å². The second-order valence-corrected chi connectivity index (χ2v) is 12.4. The Balaban J connectivity index is 1.18. The summed E-state index contributed by atoms with van der Waals surface area (Å²) in [6.07, 6.45) is 5.51. The first-order valence-corrected chi connectivity index (χ1v) is 16.2. The van der Waals surface area contributed by atoms with Gasteiger partial charge >= 0.3 is 0 Å². The topological polar surface area (TPSA) is 84.3 Å². The number of carbonyl (C=O) groups is 1. The van der Waals surface area contributed by atoms with E-state index in [0.717, 1.165) is 34.8 Å². The van der Waals surface area contributed by atoms with Gasteiger partial charge < -0.3 is 24.2 Å². The van der Waals surface area contributed by atoms with Gasteiger partial charge in [0.2, 0.25) is 0 Å². The highest BCUT2D eigenvalue weighted by Crippen LogP contribution is 2.36. The molecule has 3 aromatic carbocycles. The van der Waals surface area contributed by atoms with Crippen molar-refractivity contribution in [1.29, 1.82) is 0 Å². The van der Waals surface area contributed by atoms with Gasteiger partial charge in [-0.05, 0) is 48.2 Å². The van der Waals surface area contributed by atoms with E-state index in [2.05, 4.69) is 96.8 Å². The SMILES string of the molecule is CC#CC(=O)NCCn1ccc2ncnc(Nc3ccc(OC4=CN(Cc5ccccc5)S(Cc5ccccc5)=C4)c(Cl)c3)c21. The van der Waals surface area contributed by atoms with Crippen molar-refractivity contribution < 1.29 is 9.53 Å². The molecule has 5 aromatic rings. The summed E-state index contributed by atoms with van der Waals surface area (Å²) in [5, 5.41) is 8.82. The fourth-order valence-electron chi connectivity index (χ4n) is 4.94.